The highest BCUT2D eigenvalue weighted by Gasteiger charge is 2.19. The van der Waals surface area contributed by atoms with E-state index in [0.717, 1.165) is 23.0 Å². The van der Waals surface area contributed by atoms with Gasteiger partial charge in [0, 0.05) is 16.7 Å². The fourth-order valence-electron chi connectivity index (χ4n) is 1.47. The topological polar surface area (TPSA) is 38.9 Å². The molecule has 58 valence electrons. The third kappa shape index (κ3) is 1.19. The number of pyridine rings is 1. The molecule has 1 heterocycles. The van der Waals surface area contributed by atoms with E-state index in [1.165, 1.54) is 5.56 Å². The lowest BCUT2D eigenvalue weighted by molar-refractivity contribution is 0.697. The summed E-state index contributed by atoms with van der Waals surface area (Å²) in [6.07, 6.45) is 3.92. The summed E-state index contributed by atoms with van der Waals surface area (Å²) in [5.74, 6) is 0. The minimum absolute atomic E-state index is 0.165. The van der Waals surface area contributed by atoms with Crippen LogP contribution in [0.15, 0.2) is 16.7 Å². The highest BCUT2D eigenvalue weighted by molar-refractivity contribution is 9.10. The van der Waals surface area contributed by atoms with Gasteiger partial charge >= 0.3 is 0 Å². The van der Waals surface area contributed by atoms with Gasteiger partial charge in [-0.15, -0.1) is 0 Å². The van der Waals surface area contributed by atoms with Gasteiger partial charge in [0.25, 0.3) is 0 Å². The minimum atomic E-state index is 0.165. The summed E-state index contributed by atoms with van der Waals surface area (Å²) >= 11 is 3.38. The number of rotatable bonds is 0. The minimum Gasteiger partial charge on any atom is -0.323 e. The second kappa shape index (κ2) is 2.57. The normalized spacial score (nSPS) is 21.8. The van der Waals surface area contributed by atoms with E-state index in [4.69, 9.17) is 5.73 Å². The van der Waals surface area contributed by atoms with E-state index in [0.29, 0.717) is 0 Å². The highest BCUT2D eigenvalue weighted by atomic mass is 79.9. The van der Waals surface area contributed by atoms with Crippen molar-refractivity contribution < 1.29 is 0 Å². The van der Waals surface area contributed by atoms with Crippen LogP contribution in [0.2, 0.25) is 0 Å². The molecule has 0 aliphatic heterocycles. The average molecular weight is 213 g/mol. The first-order valence-corrected chi connectivity index (χ1v) is 4.46. The Bertz CT molecular complexity index is 285. The van der Waals surface area contributed by atoms with Crippen molar-refractivity contribution in [3.05, 3.63) is 28.0 Å². The van der Waals surface area contributed by atoms with E-state index in [-0.39, 0.29) is 6.04 Å². The summed E-state index contributed by atoms with van der Waals surface area (Å²) in [6.45, 7) is 0. The molecular weight excluding hydrogens is 204 g/mol. The summed E-state index contributed by atoms with van der Waals surface area (Å²) in [4.78, 5) is 4.27. The zero-order valence-electron chi connectivity index (χ0n) is 6.05. The van der Waals surface area contributed by atoms with Crippen molar-refractivity contribution in [3.63, 3.8) is 0 Å². The maximum atomic E-state index is 5.82. The smallest absolute Gasteiger partial charge is 0.0603 e. The fourth-order valence-corrected chi connectivity index (χ4v) is 1.85. The van der Waals surface area contributed by atoms with E-state index in [1.807, 2.05) is 6.20 Å². The van der Waals surface area contributed by atoms with Crippen LogP contribution >= 0.6 is 15.9 Å². The van der Waals surface area contributed by atoms with Crippen molar-refractivity contribution in [2.75, 3.05) is 0 Å². The van der Waals surface area contributed by atoms with Gasteiger partial charge in [0.1, 0.15) is 0 Å². The van der Waals surface area contributed by atoms with E-state index in [1.54, 1.807) is 0 Å². The largest absolute Gasteiger partial charge is 0.323 e. The lowest BCUT2D eigenvalue weighted by Gasteiger charge is -2.01. The van der Waals surface area contributed by atoms with Gasteiger partial charge in [-0.25, -0.2) is 0 Å². The average Bonchev–Trinajstić information content (AvgIpc) is 2.32. The predicted molar refractivity (Wildman–Crippen MR) is 47.2 cm³/mol. The Labute approximate surface area is 73.9 Å². The van der Waals surface area contributed by atoms with Gasteiger partial charge in [0.05, 0.1) is 5.69 Å². The van der Waals surface area contributed by atoms with E-state index in [9.17, 15) is 0 Å². The molecule has 1 aromatic rings. The number of hydrogen-bond donors (Lipinski definition) is 1. The van der Waals surface area contributed by atoms with E-state index in [2.05, 4.69) is 27.0 Å². The van der Waals surface area contributed by atoms with Crippen LogP contribution in [-0.2, 0) is 6.42 Å². The van der Waals surface area contributed by atoms with Gasteiger partial charge in [-0.1, -0.05) is 0 Å². The molecule has 0 fully saturated rings. The predicted octanol–water partition coefficient (Wildman–Crippen LogP) is 1.79. The Hall–Kier alpha value is -0.410. The van der Waals surface area contributed by atoms with Crippen molar-refractivity contribution in [2.24, 2.45) is 5.73 Å². The Morgan fingerprint density at radius 1 is 1.64 bits per heavy atom. The molecule has 0 bridgehead atoms. The first-order valence-electron chi connectivity index (χ1n) is 3.67. The molecule has 0 saturated carbocycles. The molecule has 1 atom stereocenters. The lowest BCUT2D eigenvalue weighted by Crippen LogP contribution is -2.06. The van der Waals surface area contributed by atoms with Gasteiger partial charge in [0.15, 0.2) is 0 Å². The van der Waals surface area contributed by atoms with Crippen LogP contribution in [-0.4, -0.2) is 4.98 Å². The van der Waals surface area contributed by atoms with E-state index >= 15 is 0 Å². The van der Waals surface area contributed by atoms with Crippen LogP contribution in [0.1, 0.15) is 23.7 Å². The Morgan fingerprint density at radius 3 is 3.27 bits per heavy atom. The number of nitrogens with zero attached hydrogens (tertiary/aromatic N) is 1. The third-order valence-corrected chi connectivity index (χ3v) is 2.48. The molecule has 1 aromatic heterocycles. The lowest BCUT2D eigenvalue weighted by atomic mass is 10.2. The quantitative estimate of drug-likeness (QED) is 0.713. The zero-order chi connectivity index (χ0) is 7.84. The second-order valence-corrected chi connectivity index (χ2v) is 3.76. The van der Waals surface area contributed by atoms with Crippen molar-refractivity contribution in [2.45, 2.75) is 18.9 Å². The molecule has 0 amide bonds. The maximum absolute atomic E-state index is 5.82. The molecule has 2 N–H and O–H groups in total. The number of hydrogen-bond acceptors (Lipinski definition) is 2. The molecule has 0 aromatic carbocycles. The Kier molecular flexibility index (Phi) is 1.69. The molecule has 0 unspecified atom stereocenters. The van der Waals surface area contributed by atoms with Crippen LogP contribution in [0.5, 0.6) is 0 Å². The summed E-state index contributed by atoms with van der Waals surface area (Å²) < 4.78 is 1.05. The zero-order valence-corrected chi connectivity index (χ0v) is 7.63. The summed E-state index contributed by atoms with van der Waals surface area (Å²) in [5.41, 5.74) is 8.19. The van der Waals surface area contributed by atoms with E-state index < -0.39 is 0 Å². The Balaban J connectivity index is 2.50. The van der Waals surface area contributed by atoms with Crippen LogP contribution in [0.25, 0.3) is 0 Å². The van der Waals surface area contributed by atoms with Gasteiger partial charge in [-0.2, -0.15) is 0 Å². The second-order valence-electron chi connectivity index (χ2n) is 2.84. The number of nitrogens with two attached hydrogens (primary N) is 1. The molecule has 3 heteroatoms. The molecule has 2 nitrogen and oxygen atoms in total. The number of fused-ring (bicyclic) bond motifs is 1. The van der Waals surface area contributed by atoms with Crippen LogP contribution in [0.3, 0.4) is 0 Å². The van der Waals surface area contributed by atoms with Crippen LogP contribution < -0.4 is 5.73 Å². The molecule has 11 heavy (non-hydrogen) atoms. The fraction of sp³-hybridized carbons (Fsp3) is 0.375. The molecule has 0 radical (unpaired) electrons. The summed E-state index contributed by atoms with van der Waals surface area (Å²) in [7, 11) is 0. The molecule has 1 aliphatic rings. The van der Waals surface area contributed by atoms with Gasteiger partial charge in [0.2, 0.25) is 0 Å². The summed E-state index contributed by atoms with van der Waals surface area (Å²) in [6, 6.07) is 2.27. The summed E-state index contributed by atoms with van der Waals surface area (Å²) in [5, 5.41) is 0. The van der Waals surface area contributed by atoms with Gasteiger partial charge in [-0.05, 0) is 40.4 Å². The van der Waals surface area contributed by atoms with Crippen molar-refractivity contribution in [3.8, 4) is 0 Å². The number of halogens is 1. The number of aryl methyl sites for hydroxylation is 1. The van der Waals surface area contributed by atoms with Crippen molar-refractivity contribution >= 4 is 15.9 Å². The first-order chi connectivity index (χ1) is 5.27. The first kappa shape index (κ1) is 7.25. The van der Waals surface area contributed by atoms with Gasteiger partial charge in [-0.3, -0.25) is 4.98 Å². The molecular formula is C8H9BrN2. The molecule has 0 spiro atoms. The number of aromatic nitrogens is 1. The van der Waals surface area contributed by atoms with Crippen LogP contribution in [0, 0.1) is 0 Å². The standard InChI is InChI=1S/C8H9BrN2/c9-6-3-5-1-2-7(10)8(5)11-4-6/h3-4,7H,1-2,10H2/t7-/m1/s1. The molecule has 2 rings (SSSR count). The van der Waals surface area contributed by atoms with Gasteiger partial charge < -0.3 is 5.73 Å². The van der Waals surface area contributed by atoms with Crippen LogP contribution in [0.4, 0.5) is 0 Å². The van der Waals surface area contributed by atoms with Crippen molar-refractivity contribution in [1.82, 2.24) is 4.98 Å². The Morgan fingerprint density at radius 2 is 2.45 bits per heavy atom. The molecule has 1 aliphatic carbocycles. The highest BCUT2D eigenvalue weighted by Crippen LogP contribution is 2.28. The van der Waals surface area contributed by atoms with Crippen molar-refractivity contribution in [1.29, 1.82) is 0 Å². The third-order valence-electron chi connectivity index (χ3n) is 2.04. The molecule has 0 saturated heterocycles. The SMILES string of the molecule is N[C@@H]1CCc2cc(Br)cnc21. The maximum Gasteiger partial charge on any atom is 0.0603 e. The monoisotopic (exact) mass is 212 g/mol.